The highest BCUT2D eigenvalue weighted by atomic mass is 16.5. The quantitative estimate of drug-likeness (QED) is 0.686. The molecule has 0 saturated carbocycles. The second kappa shape index (κ2) is 5.83. The monoisotopic (exact) mass is 240 g/mol. The van der Waals surface area contributed by atoms with E-state index in [2.05, 4.69) is 24.5 Å². The van der Waals surface area contributed by atoms with Gasteiger partial charge in [0, 0.05) is 12.5 Å². The van der Waals surface area contributed by atoms with Gasteiger partial charge in [-0.25, -0.2) is 0 Å². The third-order valence-corrected chi connectivity index (χ3v) is 3.59. The number of nitrogens with one attached hydrogen (secondary N) is 2. The molecule has 3 unspecified atom stereocenters. The molecule has 0 spiro atoms. The van der Waals surface area contributed by atoms with Crippen molar-refractivity contribution >= 4 is 5.91 Å². The topological polar surface area (TPSA) is 50.4 Å². The lowest BCUT2D eigenvalue weighted by atomic mass is 9.95. The minimum absolute atomic E-state index is 0.178. The van der Waals surface area contributed by atoms with Crippen molar-refractivity contribution in [1.29, 1.82) is 0 Å². The molecule has 1 amide bonds. The molecule has 98 valence electrons. The van der Waals surface area contributed by atoms with Crippen molar-refractivity contribution in [1.82, 2.24) is 10.6 Å². The van der Waals surface area contributed by atoms with Crippen LogP contribution in [0.1, 0.15) is 46.0 Å². The minimum Gasteiger partial charge on any atom is -0.373 e. The molecule has 0 radical (unpaired) electrons. The van der Waals surface area contributed by atoms with Crippen molar-refractivity contribution in [2.45, 2.75) is 70.2 Å². The van der Waals surface area contributed by atoms with Crippen LogP contribution >= 0.6 is 0 Å². The molecule has 2 fully saturated rings. The summed E-state index contributed by atoms with van der Waals surface area (Å²) in [4.78, 5) is 11.7. The molecule has 0 aromatic carbocycles. The maximum absolute atomic E-state index is 11.7. The zero-order chi connectivity index (χ0) is 12.3. The Morgan fingerprint density at radius 2 is 2.24 bits per heavy atom. The summed E-state index contributed by atoms with van der Waals surface area (Å²) >= 11 is 0. The van der Waals surface area contributed by atoms with Gasteiger partial charge in [0.1, 0.15) is 0 Å². The van der Waals surface area contributed by atoms with Crippen molar-refractivity contribution in [3.05, 3.63) is 0 Å². The first-order valence-corrected chi connectivity index (χ1v) is 6.83. The Labute approximate surface area is 103 Å². The van der Waals surface area contributed by atoms with Crippen molar-refractivity contribution in [3.8, 4) is 0 Å². The van der Waals surface area contributed by atoms with Gasteiger partial charge in [0.15, 0.2) is 0 Å². The van der Waals surface area contributed by atoms with Crippen molar-refractivity contribution in [2.24, 2.45) is 0 Å². The third kappa shape index (κ3) is 3.68. The highest BCUT2D eigenvalue weighted by molar-refractivity contribution is 5.76. The van der Waals surface area contributed by atoms with Crippen LogP contribution in [0.4, 0.5) is 0 Å². The van der Waals surface area contributed by atoms with Gasteiger partial charge in [-0.15, -0.1) is 0 Å². The molecular weight excluding hydrogens is 216 g/mol. The molecule has 2 aliphatic rings. The van der Waals surface area contributed by atoms with E-state index in [1.165, 1.54) is 6.42 Å². The summed E-state index contributed by atoms with van der Waals surface area (Å²) in [6.07, 6.45) is 5.53. The van der Waals surface area contributed by atoms with Crippen molar-refractivity contribution in [2.75, 3.05) is 6.54 Å². The predicted molar refractivity (Wildman–Crippen MR) is 66.8 cm³/mol. The van der Waals surface area contributed by atoms with E-state index >= 15 is 0 Å². The fourth-order valence-corrected chi connectivity index (χ4v) is 2.71. The fraction of sp³-hybridized carbons (Fsp3) is 0.923. The molecule has 2 saturated heterocycles. The summed E-state index contributed by atoms with van der Waals surface area (Å²) < 4.78 is 5.72. The lowest BCUT2D eigenvalue weighted by Crippen LogP contribution is -2.41. The van der Waals surface area contributed by atoms with E-state index in [9.17, 15) is 4.79 Å². The Kier molecular flexibility index (Phi) is 4.40. The maximum Gasteiger partial charge on any atom is 0.220 e. The van der Waals surface area contributed by atoms with Crippen LogP contribution in [-0.4, -0.2) is 36.7 Å². The van der Waals surface area contributed by atoms with E-state index in [1.807, 2.05) is 0 Å². The Balaban J connectivity index is 1.58. The summed E-state index contributed by atoms with van der Waals surface area (Å²) in [5, 5.41) is 6.42. The van der Waals surface area contributed by atoms with E-state index < -0.39 is 0 Å². The number of hydrogen-bond donors (Lipinski definition) is 2. The zero-order valence-electron chi connectivity index (χ0n) is 10.9. The van der Waals surface area contributed by atoms with Crippen molar-refractivity contribution in [3.63, 3.8) is 0 Å². The van der Waals surface area contributed by atoms with Crippen molar-refractivity contribution < 1.29 is 9.53 Å². The maximum atomic E-state index is 11.7. The SMILES string of the molecule is CC(C)NCCCC(=O)NC1CC2CCC1O2. The number of hydrogen-bond acceptors (Lipinski definition) is 3. The van der Waals surface area contributed by atoms with Crippen LogP contribution in [0.15, 0.2) is 0 Å². The molecule has 0 aromatic rings. The highest BCUT2D eigenvalue weighted by Gasteiger charge is 2.41. The summed E-state index contributed by atoms with van der Waals surface area (Å²) in [7, 11) is 0. The standard InChI is InChI=1S/C13H24N2O2/c1-9(2)14-7-3-4-13(16)15-11-8-10-5-6-12(11)17-10/h9-12,14H,3-8H2,1-2H3,(H,15,16). The number of rotatable bonds is 6. The molecule has 0 aliphatic carbocycles. The molecule has 0 aromatic heterocycles. The molecule has 2 aliphatic heterocycles. The normalized spacial score (nSPS) is 31.1. The number of ether oxygens (including phenoxy) is 1. The van der Waals surface area contributed by atoms with Crippen LogP contribution in [0.25, 0.3) is 0 Å². The number of carbonyl (C=O) groups excluding carboxylic acids is 1. The van der Waals surface area contributed by atoms with Gasteiger partial charge < -0.3 is 15.4 Å². The number of fused-ring (bicyclic) bond motifs is 2. The molecule has 4 heteroatoms. The van der Waals surface area contributed by atoms with Crippen LogP contribution < -0.4 is 10.6 Å². The second-order valence-corrected chi connectivity index (χ2v) is 5.50. The largest absolute Gasteiger partial charge is 0.373 e. The smallest absolute Gasteiger partial charge is 0.220 e. The van der Waals surface area contributed by atoms with Crippen LogP contribution in [0.3, 0.4) is 0 Å². The Morgan fingerprint density at radius 1 is 1.41 bits per heavy atom. The Hall–Kier alpha value is -0.610. The molecule has 3 atom stereocenters. The Morgan fingerprint density at radius 3 is 2.82 bits per heavy atom. The van der Waals surface area contributed by atoms with E-state index in [0.717, 1.165) is 25.8 Å². The summed E-state index contributed by atoms with van der Waals surface area (Å²) in [6, 6.07) is 0.774. The lowest BCUT2D eigenvalue weighted by molar-refractivity contribution is -0.122. The van der Waals surface area contributed by atoms with Crippen LogP contribution in [0, 0.1) is 0 Å². The first-order chi connectivity index (χ1) is 8.15. The molecular formula is C13H24N2O2. The average molecular weight is 240 g/mol. The molecule has 2 heterocycles. The number of amides is 1. The van der Waals surface area contributed by atoms with E-state index in [1.54, 1.807) is 0 Å². The van der Waals surface area contributed by atoms with Crippen LogP contribution in [0.5, 0.6) is 0 Å². The van der Waals surface area contributed by atoms with Gasteiger partial charge in [-0.1, -0.05) is 13.8 Å². The van der Waals surface area contributed by atoms with Gasteiger partial charge >= 0.3 is 0 Å². The summed E-state index contributed by atoms with van der Waals surface area (Å²) in [5.41, 5.74) is 0. The highest BCUT2D eigenvalue weighted by Crippen LogP contribution is 2.34. The molecule has 4 nitrogen and oxygen atoms in total. The first-order valence-electron chi connectivity index (χ1n) is 6.83. The molecule has 2 N–H and O–H groups in total. The van der Waals surface area contributed by atoms with Crippen LogP contribution in [0.2, 0.25) is 0 Å². The molecule has 2 bridgehead atoms. The molecule has 2 rings (SSSR count). The first kappa shape index (κ1) is 12.8. The lowest BCUT2D eigenvalue weighted by Gasteiger charge is -2.20. The minimum atomic E-state index is 0.178. The predicted octanol–water partition coefficient (Wildman–Crippen LogP) is 1.20. The van der Waals surface area contributed by atoms with Gasteiger partial charge in [-0.2, -0.15) is 0 Å². The Bertz CT molecular complexity index is 268. The third-order valence-electron chi connectivity index (χ3n) is 3.59. The number of carbonyl (C=O) groups is 1. The second-order valence-electron chi connectivity index (χ2n) is 5.50. The van der Waals surface area contributed by atoms with Gasteiger partial charge in [-0.3, -0.25) is 4.79 Å². The molecule has 17 heavy (non-hydrogen) atoms. The zero-order valence-corrected chi connectivity index (χ0v) is 10.9. The van der Waals surface area contributed by atoms with Crippen LogP contribution in [-0.2, 0) is 9.53 Å². The van der Waals surface area contributed by atoms with Gasteiger partial charge in [0.05, 0.1) is 18.2 Å². The van der Waals surface area contributed by atoms with Gasteiger partial charge in [0.2, 0.25) is 5.91 Å². The fourth-order valence-electron chi connectivity index (χ4n) is 2.71. The van der Waals surface area contributed by atoms with Gasteiger partial charge in [-0.05, 0) is 32.2 Å². The van der Waals surface area contributed by atoms with E-state index in [4.69, 9.17) is 4.74 Å². The average Bonchev–Trinajstić information content (AvgIpc) is 2.86. The summed E-state index contributed by atoms with van der Waals surface area (Å²) in [5.74, 6) is 0.178. The van der Waals surface area contributed by atoms with Gasteiger partial charge in [0.25, 0.3) is 0 Å². The summed E-state index contributed by atoms with van der Waals surface area (Å²) in [6.45, 7) is 5.15. The van der Waals surface area contributed by atoms with E-state index in [-0.39, 0.29) is 18.1 Å². The van der Waals surface area contributed by atoms with E-state index in [0.29, 0.717) is 18.6 Å².